The average Bonchev–Trinajstić information content (AvgIpc) is 3.18. The van der Waals surface area contributed by atoms with E-state index in [-0.39, 0.29) is 29.6 Å². The van der Waals surface area contributed by atoms with Gasteiger partial charge in [0, 0.05) is 32.2 Å². The van der Waals surface area contributed by atoms with Gasteiger partial charge in [0.25, 0.3) is 0 Å². The van der Waals surface area contributed by atoms with E-state index in [1.165, 1.54) is 4.90 Å². The third kappa shape index (κ3) is 5.65. The number of carbonyl (C=O) groups is 2. The van der Waals surface area contributed by atoms with Crippen molar-refractivity contribution in [1.82, 2.24) is 15.1 Å². The number of nitrogens with zero attached hydrogens (tertiary/aromatic N) is 4. The third-order valence-electron chi connectivity index (χ3n) is 4.31. The lowest BCUT2D eigenvalue weighted by Gasteiger charge is -2.35. The molecule has 1 fully saturated rings. The number of piperazine rings is 1. The van der Waals surface area contributed by atoms with Gasteiger partial charge in [0.1, 0.15) is 5.75 Å². The molecule has 2 heterocycles. The van der Waals surface area contributed by atoms with Gasteiger partial charge < -0.3 is 25.0 Å². The first-order chi connectivity index (χ1) is 14.7. The molecule has 0 saturated carbocycles. The van der Waals surface area contributed by atoms with E-state index in [1.54, 1.807) is 18.2 Å². The Balaban J connectivity index is 1.74. The molecular weight excluding hydrogens is 441 g/mol. The van der Waals surface area contributed by atoms with Crippen molar-refractivity contribution in [1.29, 1.82) is 0 Å². The molecule has 1 saturated heterocycles. The lowest BCUT2D eigenvalue weighted by Crippen LogP contribution is -2.48. The lowest BCUT2D eigenvalue weighted by atomic mass is 10.2. The molecule has 3 N–H and O–H groups in total. The van der Waals surface area contributed by atoms with Gasteiger partial charge >= 0.3 is 18.3 Å². The quantitative estimate of drug-likeness (QED) is 0.626. The van der Waals surface area contributed by atoms with Crippen LogP contribution in [-0.2, 0) is 6.18 Å². The molecular formula is C17H19F3N6O4S. The number of benzene rings is 1. The Kier molecular flexibility index (Phi) is 6.68. The average molecular weight is 460 g/mol. The molecule has 1 aromatic heterocycles. The number of rotatable bonds is 5. The highest BCUT2D eigenvalue weighted by molar-refractivity contribution is 7.15. The van der Waals surface area contributed by atoms with Crippen LogP contribution >= 0.6 is 11.3 Å². The van der Waals surface area contributed by atoms with E-state index in [0.29, 0.717) is 36.8 Å². The number of amides is 3. The van der Waals surface area contributed by atoms with Crippen LogP contribution in [0, 0.1) is 0 Å². The number of carboxylic acid groups (broad SMARTS) is 1. The molecule has 2 aromatic rings. The molecule has 0 bridgehead atoms. The SMILES string of the molecule is CCOc1ccc(NC(=O)Nc2nnc(C(F)(F)F)s2)c(N2CCN(C(=O)O)CC2)c1. The Morgan fingerprint density at radius 2 is 1.90 bits per heavy atom. The summed E-state index contributed by atoms with van der Waals surface area (Å²) in [5.74, 6) is 0.558. The van der Waals surface area contributed by atoms with Crippen molar-refractivity contribution < 1.29 is 32.6 Å². The summed E-state index contributed by atoms with van der Waals surface area (Å²) in [7, 11) is 0. The predicted octanol–water partition coefficient (Wildman–Crippen LogP) is 3.40. The standard InChI is InChI=1S/C17H19F3N6O4S/c1-2-30-10-3-4-11(12(9-10)25-5-7-26(8-6-25)16(28)29)21-14(27)22-15-24-23-13(31-15)17(18,19)20/h3-4,9H,2,5-8H2,1H3,(H,28,29)(H2,21,22,24,27). The van der Waals surface area contributed by atoms with Crippen molar-refractivity contribution in [2.75, 3.05) is 48.3 Å². The van der Waals surface area contributed by atoms with Crippen LogP contribution < -0.4 is 20.3 Å². The van der Waals surface area contributed by atoms with Gasteiger partial charge in [-0.2, -0.15) is 13.2 Å². The lowest BCUT2D eigenvalue weighted by molar-refractivity contribution is -0.138. The third-order valence-corrected chi connectivity index (χ3v) is 5.19. The molecule has 0 unspecified atom stereocenters. The van der Waals surface area contributed by atoms with Gasteiger partial charge in [0.05, 0.1) is 18.0 Å². The van der Waals surface area contributed by atoms with E-state index in [9.17, 15) is 22.8 Å². The zero-order valence-electron chi connectivity index (χ0n) is 16.3. The van der Waals surface area contributed by atoms with Gasteiger partial charge in [-0.1, -0.05) is 11.3 Å². The van der Waals surface area contributed by atoms with E-state index >= 15 is 0 Å². The first kappa shape index (κ1) is 22.4. The zero-order valence-corrected chi connectivity index (χ0v) is 17.1. The largest absolute Gasteiger partial charge is 0.494 e. The molecule has 10 nitrogen and oxygen atoms in total. The van der Waals surface area contributed by atoms with Crippen LogP contribution in [0.2, 0.25) is 0 Å². The van der Waals surface area contributed by atoms with Crippen molar-refractivity contribution in [2.24, 2.45) is 0 Å². The number of alkyl halides is 3. The Morgan fingerprint density at radius 3 is 2.48 bits per heavy atom. The van der Waals surface area contributed by atoms with Crippen molar-refractivity contribution in [3.8, 4) is 5.75 Å². The summed E-state index contributed by atoms with van der Waals surface area (Å²) in [6.45, 7) is 3.60. The van der Waals surface area contributed by atoms with Crippen LogP contribution in [0.4, 0.5) is 39.3 Å². The number of nitrogens with one attached hydrogen (secondary N) is 2. The van der Waals surface area contributed by atoms with Gasteiger partial charge in [-0.05, 0) is 19.1 Å². The van der Waals surface area contributed by atoms with Gasteiger partial charge in [0.2, 0.25) is 10.1 Å². The molecule has 0 radical (unpaired) electrons. The Labute approximate surface area is 178 Å². The second kappa shape index (κ2) is 9.24. The van der Waals surface area contributed by atoms with Crippen LogP contribution in [0.5, 0.6) is 5.75 Å². The van der Waals surface area contributed by atoms with Gasteiger partial charge in [0.15, 0.2) is 0 Å². The van der Waals surface area contributed by atoms with Crippen molar-refractivity contribution in [2.45, 2.75) is 13.1 Å². The summed E-state index contributed by atoms with van der Waals surface area (Å²) in [5.41, 5.74) is 0.977. The summed E-state index contributed by atoms with van der Waals surface area (Å²) in [6.07, 6.45) is -5.65. The number of carbonyl (C=O) groups excluding carboxylic acids is 1. The molecule has 0 spiro atoms. The molecule has 3 rings (SSSR count). The molecule has 14 heteroatoms. The van der Waals surface area contributed by atoms with Crippen LogP contribution in [0.25, 0.3) is 0 Å². The summed E-state index contributed by atoms with van der Waals surface area (Å²) in [5, 5.41) is 18.8. The maximum atomic E-state index is 12.6. The molecule has 31 heavy (non-hydrogen) atoms. The summed E-state index contributed by atoms with van der Waals surface area (Å²) in [4.78, 5) is 26.6. The number of urea groups is 1. The minimum Gasteiger partial charge on any atom is -0.494 e. The van der Waals surface area contributed by atoms with E-state index in [4.69, 9.17) is 9.84 Å². The highest BCUT2D eigenvalue weighted by Crippen LogP contribution is 2.34. The van der Waals surface area contributed by atoms with Gasteiger partial charge in [-0.3, -0.25) is 5.32 Å². The summed E-state index contributed by atoms with van der Waals surface area (Å²) in [6, 6.07) is 4.16. The van der Waals surface area contributed by atoms with Crippen LogP contribution in [0.3, 0.4) is 0 Å². The monoisotopic (exact) mass is 460 g/mol. The number of hydrogen-bond acceptors (Lipinski definition) is 7. The van der Waals surface area contributed by atoms with Gasteiger partial charge in [-0.15, -0.1) is 10.2 Å². The van der Waals surface area contributed by atoms with Crippen LogP contribution in [-0.4, -0.2) is 65.1 Å². The number of halogens is 3. The summed E-state index contributed by atoms with van der Waals surface area (Å²) >= 11 is 0.212. The van der Waals surface area contributed by atoms with Crippen molar-refractivity contribution in [3.05, 3.63) is 23.2 Å². The number of anilines is 3. The Bertz CT molecular complexity index is 946. The van der Waals surface area contributed by atoms with E-state index in [1.807, 2.05) is 11.8 Å². The zero-order chi connectivity index (χ0) is 22.6. The second-order valence-corrected chi connectivity index (χ2v) is 7.34. The van der Waals surface area contributed by atoms with Crippen molar-refractivity contribution >= 4 is 40.0 Å². The Morgan fingerprint density at radius 1 is 1.19 bits per heavy atom. The highest BCUT2D eigenvalue weighted by atomic mass is 32.1. The van der Waals surface area contributed by atoms with E-state index in [0.717, 1.165) is 0 Å². The normalized spacial score (nSPS) is 14.3. The predicted molar refractivity (Wildman–Crippen MR) is 107 cm³/mol. The highest BCUT2D eigenvalue weighted by Gasteiger charge is 2.35. The number of ether oxygens (including phenoxy) is 1. The minimum atomic E-state index is -4.64. The summed E-state index contributed by atoms with van der Waals surface area (Å²) < 4.78 is 43.4. The van der Waals surface area contributed by atoms with E-state index < -0.39 is 23.3 Å². The molecule has 1 aromatic carbocycles. The first-order valence-corrected chi connectivity index (χ1v) is 9.97. The molecule has 168 valence electrons. The molecule has 3 amide bonds. The first-order valence-electron chi connectivity index (χ1n) is 9.15. The molecule has 0 aliphatic carbocycles. The van der Waals surface area contributed by atoms with Crippen LogP contribution in [0.15, 0.2) is 18.2 Å². The second-order valence-electron chi connectivity index (χ2n) is 6.36. The Hall–Kier alpha value is -3.29. The van der Waals surface area contributed by atoms with Crippen molar-refractivity contribution in [3.63, 3.8) is 0 Å². The van der Waals surface area contributed by atoms with E-state index in [2.05, 4.69) is 20.8 Å². The molecule has 0 atom stereocenters. The fraction of sp³-hybridized carbons (Fsp3) is 0.412. The van der Waals surface area contributed by atoms with Crippen LogP contribution in [0.1, 0.15) is 11.9 Å². The number of hydrogen-bond donors (Lipinski definition) is 3. The smallest absolute Gasteiger partial charge is 0.445 e. The maximum absolute atomic E-state index is 12.6. The fourth-order valence-corrected chi connectivity index (χ4v) is 3.52. The topological polar surface area (TPSA) is 120 Å². The minimum absolute atomic E-state index is 0.212. The van der Waals surface area contributed by atoms with Gasteiger partial charge in [-0.25, -0.2) is 9.59 Å². The fourth-order valence-electron chi connectivity index (χ4n) is 2.91. The molecule has 1 aliphatic rings. The number of aromatic nitrogens is 2. The molecule has 1 aliphatic heterocycles. The maximum Gasteiger partial charge on any atom is 0.445 e.